The zero-order valence-corrected chi connectivity index (χ0v) is 11.0. The number of fused-ring (bicyclic) bond motifs is 1. The molecule has 0 bridgehead atoms. The second-order valence-corrected chi connectivity index (χ2v) is 5.21. The van der Waals surface area contributed by atoms with E-state index in [1.54, 1.807) is 0 Å². The van der Waals surface area contributed by atoms with Crippen LogP contribution in [0.4, 0.5) is 14.5 Å². The zero-order chi connectivity index (χ0) is 14.3. The molecule has 1 N–H and O–H groups in total. The predicted molar refractivity (Wildman–Crippen MR) is 69.9 cm³/mol. The van der Waals surface area contributed by atoms with Gasteiger partial charge in [-0.2, -0.15) is 5.10 Å². The third kappa shape index (κ3) is 2.25. The standard InChI is InChI=1S/C12H8F2N4OS/c1-6-17-18-5-10(16-12(18)20-6)11(19)15-9-3-2-7(13)4-8(9)14/h2-5H,1H3,(H,15,19). The summed E-state index contributed by atoms with van der Waals surface area (Å²) in [5, 5.41) is 7.28. The van der Waals surface area contributed by atoms with Crippen molar-refractivity contribution in [1.82, 2.24) is 14.6 Å². The van der Waals surface area contributed by atoms with Gasteiger partial charge < -0.3 is 5.32 Å². The van der Waals surface area contributed by atoms with Gasteiger partial charge in [-0.15, -0.1) is 0 Å². The smallest absolute Gasteiger partial charge is 0.276 e. The van der Waals surface area contributed by atoms with Crippen LogP contribution in [-0.2, 0) is 0 Å². The Balaban J connectivity index is 1.86. The molecule has 1 aromatic carbocycles. The summed E-state index contributed by atoms with van der Waals surface area (Å²) in [6.45, 7) is 1.83. The molecule has 102 valence electrons. The Bertz CT molecular complexity index is 780. The maximum atomic E-state index is 13.4. The van der Waals surface area contributed by atoms with Crippen molar-refractivity contribution < 1.29 is 13.6 Å². The highest BCUT2D eigenvalue weighted by atomic mass is 32.1. The summed E-state index contributed by atoms with van der Waals surface area (Å²) < 4.78 is 27.7. The van der Waals surface area contributed by atoms with Gasteiger partial charge in [-0.1, -0.05) is 11.3 Å². The molecule has 3 rings (SSSR count). The maximum Gasteiger partial charge on any atom is 0.276 e. The van der Waals surface area contributed by atoms with Crippen LogP contribution in [-0.4, -0.2) is 20.5 Å². The van der Waals surface area contributed by atoms with Crippen molar-refractivity contribution in [3.05, 3.63) is 46.7 Å². The topological polar surface area (TPSA) is 59.3 Å². The van der Waals surface area contributed by atoms with Crippen molar-refractivity contribution in [1.29, 1.82) is 0 Å². The molecule has 0 spiro atoms. The number of hydrogen-bond donors (Lipinski definition) is 1. The molecule has 0 atom stereocenters. The fourth-order valence-electron chi connectivity index (χ4n) is 1.69. The van der Waals surface area contributed by atoms with Gasteiger partial charge in [0.1, 0.15) is 22.3 Å². The Labute approximate surface area is 115 Å². The van der Waals surface area contributed by atoms with Gasteiger partial charge in [-0.3, -0.25) is 4.79 Å². The van der Waals surface area contributed by atoms with Gasteiger partial charge in [0.15, 0.2) is 0 Å². The number of hydrogen-bond acceptors (Lipinski definition) is 4. The summed E-state index contributed by atoms with van der Waals surface area (Å²) in [6, 6.07) is 2.92. The van der Waals surface area contributed by atoms with Crippen LogP contribution >= 0.6 is 11.3 Å². The van der Waals surface area contributed by atoms with Crippen LogP contribution in [0.2, 0.25) is 0 Å². The van der Waals surface area contributed by atoms with Crippen molar-refractivity contribution >= 4 is 27.9 Å². The molecule has 0 aliphatic rings. The lowest BCUT2D eigenvalue weighted by molar-refractivity contribution is 0.102. The lowest BCUT2D eigenvalue weighted by Crippen LogP contribution is -2.13. The van der Waals surface area contributed by atoms with E-state index in [1.165, 1.54) is 22.0 Å². The van der Waals surface area contributed by atoms with Crippen molar-refractivity contribution in [2.75, 3.05) is 5.32 Å². The molecule has 20 heavy (non-hydrogen) atoms. The van der Waals surface area contributed by atoms with Gasteiger partial charge in [-0.25, -0.2) is 18.3 Å². The lowest BCUT2D eigenvalue weighted by atomic mass is 10.3. The average Bonchev–Trinajstić information content (AvgIpc) is 2.89. The third-order valence-corrected chi connectivity index (χ3v) is 3.39. The lowest BCUT2D eigenvalue weighted by Gasteiger charge is -2.04. The Morgan fingerprint density at radius 3 is 2.90 bits per heavy atom. The van der Waals surface area contributed by atoms with Crippen molar-refractivity contribution in [2.45, 2.75) is 6.92 Å². The average molecular weight is 294 g/mol. The zero-order valence-electron chi connectivity index (χ0n) is 10.2. The van der Waals surface area contributed by atoms with Crippen molar-refractivity contribution in [3.63, 3.8) is 0 Å². The summed E-state index contributed by atoms with van der Waals surface area (Å²) >= 11 is 1.34. The van der Waals surface area contributed by atoms with Gasteiger partial charge >= 0.3 is 0 Å². The number of nitrogens with one attached hydrogen (secondary N) is 1. The van der Waals surface area contributed by atoms with E-state index in [4.69, 9.17) is 0 Å². The first-order valence-corrected chi connectivity index (χ1v) is 6.44. The molecule has 0 saturated carbocycles. The van der Waals surface area contributed by atoms with Gasteiger partial charge in [0.05, 0.1) is 11.9 Å². The molecule has 0 unspecified atom stereocenters. The minimum absolute atomic E-state index is 0.100. The second-order valence-electron chi connectivity index (χ2n) is 4.05. The third-order valence-electron chi connectivity index (χ3n) is 2.56. The first-order valence-electron chi connectivity index (χ1n) is 5.62. The van der Waals surface area contributed by atoms with Crippen LogP contribution < -0.4 is 5.32 Å². The number of imidazole rings is 1. The summed E-state index contributed by atoms with van der Waals surface area (Å²) in [6.07, 6.45) is 1.45. The van der Waals surface area contributed by atoms with Gasteiger partial charge in [0.25, 0.3) is 5.91 Å². The molecule has 2 heterocycles. The number of carbonyl (C=O) groups is 1. The van der Waals surface area contributed by atoms with E-state index in [0.717, 1.165) is 17.1 Å². The van der Waals surface area contributed by atoms with Crippen LogP contribution in [0.3, 0.4) is 0 Å². The number of benzene rings is 1. The monoisotopic (exact) mass is 294 g/mol. The van der Waals surface area contributed by atoms with Crippen LogP contribution in [0.15, 0.2) is 24.4 Å². The molecule has 5 nitrogen and oxygen atoms in total. The predicted octanol–water partition coefficient (Wildman–Crippen LogP) is 2.63. The van der Waals surface area contributed by atoms with Crippen LogP contribution in [0.5, 0.6) is 0 Å². The van der Waals surface area contributed by atoms with Gasteiger partial charge in [0, 0.05) is 6.07 Å². The van der Waals surface area contributed by atoms with Crippen molar-refractivity contribution in [3.8, 4) is 0 Å². The maximum absolute atomic E-state index is 13.4. The summed E-state index contributed by atoms with van der Waals surface area (Å²) in [4.78, 5) is 16.6. The van der Waals surface area contributed by atoms with E-state index in [0.29, 0.717) is 11.0 Å². The molecule has 0 saturated heterocycles. The Morgan fingerprint density at radius 2 is 2.20 bits per heavy atom. The molecular formula is C12H8F2N4OS. The number of anilines is 1. The molecule has 0 aliphatic carbocycles. The Hall–Kier alpha value is -2.35. The summed E-state index contributed by atoms with van der Waals surface area (Å²) in [7, 11) is 0. The largest absolute Gasteiger partial charge is 0.318 e. The number of rotatable bonds is 2. The number of halogens is 2. The summed E-state index contributed by atoms with van der Waals surface area (Å²) in [5.41, 5.74) is 0.0179. The Morgan fingerprint density at radius 1 is 1.40 bits per heavy atom. The van der Waals surface area contributed by atoms with E-state index in [-0.39, 0.29) is 11.4 Å². The number of nitrogens with zero attached hydrogens (tertiary/aromatic N) is 3. The molecule has 3 aromatic rings. The van der Waals surface area contributed by atoms with E-state index in [2.05, 4.69) is 15.4 Å². The molecule has 0 radical (unpaired) electrons. The SMILES string of the molecule is Cc1nn2cc(C(=O)Nc3ccc(F)cc3F)nc2s1. The fraction of sp³-hybridized carbons (Fsp3) is 0.0833. The van der Waals surface area contributed by atoms with Crippen LogP contribution in [0.1, 0.15) is 15.5 Å². The fourth-order valence-corrected chi connectivity index (χ4v) is 2.41. The minimum Gasteiger partial charge on any atom is -0.318 e. The molecule has 1 amide bonds. The van der Waals surface area contributed by atoms with E-state index in [1.807, 2.05) is 6.92 Å². The van der Waals surface area contributed by atoms with E-state index in [9.17, 15) is 13.6 Å². The first kappa shape index (κ1) is 12.7. The number of aryl methyl sites for hydroxylation is 1. The molecule has 0 aliphatic heterocycles. The Kier molecular flexibility index (Phi) is 2.94. The second kappa shape index (κ2) is 4.64. The minimum atomic E-state index is -0.839. The normalized spacial score (nSPS) is 10.9. The highest BCUT2D eigenvalue weighted by Gasteiger charge is 2.15. The van der Waals surface area contributed by atoms with Gasteiger partial charge in [0.2, 0.25) is 4.96 Å². The molecule has 2 aromatic heterocycles. The molecular weight excluding hydrogens is 286 g/mol. The quantitative estimate of drug-likeness (QED) is 0.790. The van der Waals surface area contributed by atoms with Gasteiger partial charge in [-0.05, 0) is 19.1 Å². The molecule has 0 fully saturated rings. The number of carbonyl (C=O) groups excluding carboxylic acids is 1. The first-order chi connectivity index (χ1) is 9.52. The highest BCUT2D eigenvalue weighted by Crippen LogP contribution is 2.17. The van der Waals surface area contributed by atoms with Crippen molar-refractivity contribution in [2.24, 2.45) is 0 Å². The molecule has 8 heteroatoms. The summed E-state index contributed by atoms with van der Waals surface area (Å²) in [5.74, 6) is -2.12. The van der Waals surface area contributed by atoms with Crippen LogP contribution in [0.25, 0.3) is 4.96 Å². The van der Waals surface area contributed by atoms with E-state index < -0.39 is 17.5 Å². The number of aromatic nitrogens is 3. The number of amides is 1. The highest BCUT2D eigenvalue weighted by molar-refractivity contribution is 7.16. The van der Waals surface area contributed by atoms with Crippen LogP contribution in [0, 0.1) is 18.6 Å². The van der Waals surface area contributed by atoms with E-state index >= 15 is 0 Å².